The Morgan fingerprint density at radius 3 is 2.97 bits per heavy atom. The number of carbonyl (C=O) groups excluding carboxylic acids is 1. The van der Waals surface area contributed by atoms with Crippen LogP contribution in [0.15, 0.2) is 63.9 Å². The second-order valence-corrected chi connectivity index (χ2v) is 7.74. The third-order valence-corrected chi connectivity index (χ3v) is 5.71. The van der Waals surface area contributed by atoms with E-state index in [1.54, 1.807) is 35.0 Å². The quantitative estimate of drug-likeness (QED) is 0.497. The summed E-state index contributed by atoms with van der Waals surface area (Å²) < 4.78 is 7.00. The molecule has 0 aliphatic carbocycles. The summed E-state index contributed by atoms with van der Waals surface area (Å²) in [5.41, 5.74) is 2.65. The number of nitrogens with zero attached hydrogens (tertiary/aromatic N) is 3. The predicted octanol–water partition coefficient (Wildman–Crippen LogP) is 4.27. The van der Waals surface area contributed by atoms with Crippen molar-refractivity contribution in [2.24, 2.45) is 0 Å². The van der Waals surface area contributed by atoms with Crippen LogP contribution in [0.25, 0.3) is 22.0 Å². The van der Waals surface area contributed by atoms with Gasteiger partial charge in [-0.15, -0.1) is 0 Å². The van der Waals surface area contributed by atoms with Gasteiger partial charge in [0.1, 0.15) is 0 Å². The predicted molar refractivity (Wildman–Crippen MR) is 111 cm³/mol. The number of pyridine rings is 1. The minimum absolute atomic E-state index is 0.0423. The van der Waals surface area contributed by atoms with Crippen molar-refractivity contribution in [2.45, 2.75) is 18.9 Å². The molecule has 0 saturated carbocycles. The molecule has 1 aliphatic heterocycles. The molecule has 5 rings (SSSR count). The van der Waals surface area contributed by atoms with E-state index in [1.165, 1.54) is 0 Å². The molecule has 1 amide bonds. The number of carbonyl (C=O) groups is 1. The molecule has 0 N–H and O–H groups in total. The van der Waals surface area contributed by atoms with Crippen molar-refractivity contribution in [3.8, 4) is 0 Å². The lowest BCUT2D eigenvalue weighted by atomic mass is 10.0. The molecule has 1 atom stereocenters. The van der Waals surface area contributed by atoms with Crippen LogP contribution in [-0.4, -0.2) is 33.4 Å². The fourth-order valence-electron chi connectivity index (χ4n) is 4.09. The number of oxazole rings is 1. The first kappa shape index (κ1) is 17.9. The van der Waals surface area contributed by atoms with E-state index in [1.807, 2.05) is 29.2 Å². The van der Waals surface area contributed by atoms with E-state index < -0.39 is 5.76 Å². The Morgan fingerprint density at radius 1 is 1.17 bits per heavy atom. The Bertz CT molecular complexity index is 1290. The molecule has 0 spiro atoms. The van der Waals surface area contributed by atoms with Crippen LogP contribution in [0.5, 0.6) is 0 Å². The first-order valence-corrected chi connectivity index (χ1v) is 9.92. The van der Waals surface area contributed by atoms with E-state index in [9.17, 15) is 9.59 Å². The number of hydrogen-bond acceptors (Lipinski definition) is 4. The van der Waals surface area contributed by atoms with E-state index in [0.717, 1.165) is 23.7 Å². The molecule has 0 unspecified atom stereocenters. The monoisotopic (exact) mass is 407 g/mol. The van der Waals surface area contributed by atoms with Gasteiger partial charge in [-0.2, -0.15) is 0 Å². The molecule has 146 valence electrons. The Balaban J connectivity index is 1.46. The number of likely N-dealkylation sites (tertiary alicyclic amines) is 1. The third kappa shape index (κ3) is 3.19. The van der Waals surface area contributed by atoms with Crippen LogP contribution >= 0.6 is 11.6 Å². The summed E-state index contributed by atoms with van der Waals surface area (Å²) in [7, 11) is 0. The van der Waals surface area contributed by atoms with Gasteiger partial charge in [0.25, 0.3) is 5.91 Å². The smallest absolute Gasteiger partial charge is 0.408 e. The molecule has 0 bridgehead atoms. The molecule has 1 aliphatic rings. The SMILES string of the molecule is O=C(c1ccc2ncccc2c1)N1CCC[C@@H](n2c(=O)oc3ccc(Cl)cc32)C1. The molecule has 7 heteroatoms. The van der Waals surface area contributed by atoms with Crippen molar-refractivity contribution in [3.05, 3.63) is 75.9 Å². The maximum Gasteiger partial charge on any atom is 0.420 e. The third-order valence-electron chi connectivity index (χ3n) is 5.47. The number of fused-ring (bicyclic) bond motifs is 2. The van der Waals surface area contributed by atoms with Gasteiger partial charge >= 0.3 is 5.76 Å². The molecule has 2 aromatic heterocycles. The summed E-state index contributed by atoms with van der Waals surface area (Å²) >= 11 is 6.12. The Kier molecular flexibility index (Phi) is 4.36. The fraction of sp³-hybridized carbons (Fsp3) is 0.227. The van der Waals surface area contributed by atoms with Crippen LogP contribution in [0.1, 0.15) is 29.2 Å². The van der Waals surface area contributed by atoms with Crippen LogP contribution in [0.4, 0.5) is 0 Å². The lowest BCUT2D eigenvalue weighted by molar-refractivity contribution is 0.0678. The standard InChI is InChI=1S/C22H18ClN3O3/c23-16-6-8-20-19(12-16)26(22(28)29-20)17-4-2-10-25(13-17)21(27)15-5-7-18-14(11-15)3-1-9-24-18/h1,3,5-9,11-12,17H,2,4,10,13H2/t17-/m1/s1. The average molecular weight is 408 g/mol. The van der Waals surface area contributed by atoms with Crippen molar-refractivity contribution in [1.29, 1.82) is 0 Å². The van der Waals surface area contributed by atoms with Crippen molar-refractivity contribution in [3.63, 3.8) is 0 Å². The van der Waals surface area contributed by atoms with Crippen LogP contribution in [0.2, 0.25) is 5.02 Å². The average Bonchev–Trinajstić information content (AvgIpc) is 3.07. The van der Waals surface area contributed by atoms with Crippen molar-refractivity contribution < 1.29 is 9.21 Å². The van der Waals surface area contributed by atoms with Gasteiger partial charge in [-0.25, -0.2) is 4.79 Å². The lowest BCUT2D eigenvalue weighted by Crippen LogP contribution is -2.42. The van der Waals surface area contributed by atoms with Crippen LogP contribution in [0.3, 0.4) is 0 Å². The topological polar surface area (TPSA) is 68.3 Å². The van der Waals surface area contributed by atoms with Gasteiger partial charge in [-0.1, -0.05) is 17.7 Å². The van der Waals surface area contributed by atoms with Gasteiger partial charge in [0.05, 0.1) is 17.1 Å². The number of halogens is 1. The summed E-state index contributed by atoms with van der Waals surface area (Å²) in [5.74, 6) is -0.460. The molecule has 1 fully saturated rings. The number of aromatic nitrogens is 2. The first-order chi connectivity index (χ1) is 14.1. The number of amides is 1. The van der Waals surface area contributed by atoms with Crippen molar-refractivity contribution in [1.82, 2.24) is 14.5 Å². The van der Waals surface area contributed by atoms with E-state index >= 15 is 0 Å². The maximum atomic E-state index is 13.1. The van der Waals surface area contributed by atoms with Crippen molar-refractivity contribution in [2.75, 3.05) is 13.1 Å². The molecular weight excluding hydrogens is 390 g/mol. The molecule has 29 heavy (non-hydrogen) atoms. The lowest BCUT2D eigenvalue weighted by Gasteiger charge is -2.33. The van der Waals surface area contributed by atoms with E-state index in [0.29, 0.717) is 34.8 Å². The number of rotatable bonds is 2. The largest absolute Gasteiger partial charge is 0.420 e. The molecule has 0 radical (unpaired) electrons. The van der Waals surface area contributed by atoms with E-state index in [-0.39, 0.29) is 11.9 Å². The molecule has 2 aromatic carbocycles. The van der Waals surface area contributed by atoms with E-state index in [2.05, 4.69) is 4.98 Å². The summed E-state index contributed by atoms with van der Waals surface area (Å²) in [6.45, 7) is 1.11. The Hall–Kier alpha value is -3.12. The summed E-state index contributed by atoms with van der Waals surface area (Å²) in [4.78, 5) is 31.7. The van der Waals surface area contributed by atoms with Gasteiger partial charge in [-0.05, 0) is 55.3 Å². The maximum absolute atomic E-state index is 13.1. The second kappa shape index (κ2) is 7.04. The van der Waals surface area contributed by atoms with Gasteiger partial charge in [0.2, 0.25) is 0 Å². The molecule has 4 aromatic rings. The number of hydrogen-bond donors (Lipinski definition) is 0. The highest BCUT2D eigenvalue weighted by atomic mass is 35.5. The van der Waals surface area contributed by atoms with Gasteiger partial charge < -0.3 is 9.32 Å². The van der Waals surface area contributed by atoms with Gasteiger partial charge in [-0.3, -0.25) is 14.3 Å². The van der Waals surface area contributed by atoms with Gasteiger partial charge in [0, 0.05) is 35.3 Å². The Morgan fingerprint density at radius 2 is 2.07 bits per heavy atom. The summed E-state index contributed by atoms with van der Waals surface area (Å²) in [5, 5.41) is 1.47. The normalized spacial score (nSPS) is 17.1. The summed E-state index contributed by atoms with van der Waals surface area (Å²) in [6, 6.07) is 14.3. The zero-order valence-electron chi connectivity index (χ0n) is 15.5. The fourth-order valence-corrected chi connectivity index (χ4v) is 4.26. The highest BCUT2D eigenvalue weighted by Crippen LogP contribution is 2.27. The van der Waals surface area contributed by atoms with Crippen LogP contribution < -0.4 is 5.76 Å². The molecule has 3 heterocycles. The first-order valence-electron chi connectivity index (χ1n) is 9.55. The van der Waals surface area contributed by atoms with Crippen LogP contribution in [0, 0.1) is 0 Å². The molecule has 1 saturated heterocycles. The Labute approximate surface area is 171 Å². The number of piperidine rings is 1. The van der Waals surface area contributed by atoms with Crippen molar-refractivity contribution >= 4 is 39.5 Å². The minimum atomic E-state index is -0.418. The molecular formula is C22H18ClN3O3. The molecule has 6 nitrogen and oxygen atoms in total. The minimum Gasteiger partial charge on any atom is -0.408 e. The second-order valence-electron chi connectivity index (χ2n) is 7.31. The number of benzene rings is 2. The van der Waals surface area contributed by atoms with Gasteiger partial charge in [0.15, 0.2) is 5.58 Å². The zero-order chi connectivity index (χ0) is 20.0. The van der Waals surface area contributed by atoms with E-state index in [4.69, 9.17) is 16.0 Å². The zero-order valence-corrected chi connectivity index (χ0v) is 16.3. The highest BCUT2D eigenvalue weighted by molar-refractivity contribution is 6.31. The van der Waals surface area contributed by atoms with Crippen LogP contribution in [-0.2, 0) is 0 Å². The summed E-state index contributed by atoms with van der Waals surface area (Å²) in [6.07, 6.45) is 3.34. The highest BCUT2D eigenvalue weighted by Gasteiger charge is 2.28.